The molecule has 0 radical (unpaired) electrons. The molecule has 1 N–H and O–H groups in total. The molecule has 0 aromatic carbocycles. The van der Waals surface area contributed by atoms with Crippen molar-refractivity contribution in [2.45, 2.75) is 6.54 Å². The summed E-state index contributed by atoms with van der Waals surface area (Å²) >= 11 is 1.60. The minimum Gasteiger partial charge on any atom is -0.362 e. The first kappa shape index (κ1) is 9.29. The van der Waals surface area contributed by atoms with Crippen LogP contribution in [0.4, 0.5) is 5.82 Å². The van der Waals surface area contributed by atoms with E-state index < -0.39 is 0 Å². The minimum atomic E-state index is 0.571. The number of rotatable bonds is 3. The van der Waals surface area contributed by atoms with E-state index in [-0.39, 0.29) is 0 Å². The summed E-state index contributed by atoms with van der Waals surface area (Å²) in [6.45, 7) is 0.571. The lowest BCUT2D eigenvalue weighted by molar-refractivity contribution is 0.388. The van der Waals surface area contributed by atoms with Crippen molar-refractivity contribution in [1.82, 2.24) is 15.1 Å². The molecular formula is C10H8N4OS. The van der Waals surface area contributed by atoms with Gasteiger partial charge in [-0.05, 0) is 11.4 Å². The van der Waals surface area contributed by atoms with Gasteiger partial charge in [-0.2, -0.15) is 0 Å². The molecule has 3 heterocycles. The molecule has 0 bridgehead atoms. The zero-order chi connectivity index (χ0) is 10.8. The van der Waals surface area contributed by atoms with Crippen molar-refractivity contribution in [3.8, 4) is 0 Å². The Bertz CT molecular complexity index is 590. The normalized spacial score (nSPS) is 10.8. The number of thiophene rings is 1. The van der Waals surface area contributed by atoms with Crippen molar-refractivity contribution >= 4 is 27.4 Å². The summed E-state index contributed by atoms with van der Waals surface area (Å²) in [6.07, 6.45) is 3.18. The van der Waals surface area contributed by atoms with Crippen LogP contribution in [0, 0.1) is 0 Å². The second-order valence-corrected chi connectivity index (χ2v) is 4.09. The average Bonchev–Trinajstić information content (AvgIpc) is 2.97. The fourth-order valence-electron chi connectivity index (χ4n) is 1.44. The van der Waals surface area contributed by atoms with Crippen LogP contribution in [0.1, 0.15) is 5.76 Å². The van der Waals surface area contributed by atoms with Crippen LogP contribution in [0.2, 0.25) is 0 Å². The van der Waals surface area contributed by atoms with Crippen LogP contribution < -0.4 is 5.32 Å². The molecule has 0 saturated carbocycles. The highest BCUT2D eigenvalue weighted by Crippen LogP contribution is 2.23. The molecule has 80 valence electrons. The predicted molar refractivity (Wildman–Crippen MR) is 61.2 cm³/mol. The Kier molecular flexibility index (Phi) is 2.26. The molecule has 0 atom stereocenters. The molecule has 3 rings (SSSR count). The first-order valence-electron chi connectivity index (χ1n) is 4.75. The van der Waals surface area contributed by atoms with Crippen LogP contribution in [-0.2, 0) is 6.54 Å². The first-order valence-corrected chi connectivity index (χ1v) is 5.63. The van der Waals surface area contributed by atoms with E-state index in [4.69, 9.17) is 4.52 Å². The Hall–Kier alpha value is -1.95. The maximum absolute atomic E-state index is 5.00. The van der Waals surface area contributed by atoms with Gasteiger partial charge in [0.15, 0.2) is 5.76 Å². The number of aromatic nitrogens is 3. The summed E-state index contributed by atoms with van der Waals surface area (Å²) < 4.78 is 5.00. The summed E-state index contributed by atoms with van der Waals surface area (Å²) in [5.41, 5.74) is 0. The molecule has 6 heteroatoms. The molecule has 0 aliphatic rings. The van der Waals surface area contributed by atoms with Gasteiger partial charge in [0, 0.05) is 6.07 Å². The van der Waals surface area contributed by atoms with Gasteiger partial charge in [-0.1, -0.05) is 5.16 Å². The number of nitrogens with zero attached hydrogens (tertiary/aromatic N) is 3. The highest BCUT2D eigenvalue weighted by Gasteiger charge is 2.04. The van der Waals surface area contributed by atoms with Gasteiger partial charge in [-0.15, -0.1) is 11.3 Å². The lowest BCUT2D eigenvalue weighted by Crippen LogP contribution is -2.00. The molecule has 16 heavy (non-hydrogen) atoms. The van der Waals surface area contributed by atoms with Crippen molar-refractivity contribution in [2.75, 3.05) is 5.32 Å². The molecule has 0 saturated heterocycles. The molecule has 0 spiro atoms. The number of nitrogens with one attached hydrogen (secondary N) is 1. The average molecular weight is 232 g/mol. The monoisotopic (exact) mass is 232 g/mol. The van der Waals surface area contributed by atoms with Crippen molar-refractivity contribution in [1.29, 1.82) is 0 Å². The summed E-state index contributed by atoms with van der Waals surface area (Å²) in [6, 6.07) is 3.82. The van der Waals surface area contributed by atoms with E-state index in [1.165, 1.54) is 0 Å². The van der Waals surface area contributed by atoms with Crippen LogP contribution in [0.15, 0.2) is 34.6 Å². The van der Waals surface area contributed by atoms with Crippen LogP contribution in [0.3, 0.4) is 0 Å². The van der Waals surface area contributed by atoms with Gasteiger partial charge in [-0.25, -0.2) is 9.97 Å². The third-order valence-corrected chi connectivity index (χ3v) is 3.00. The summed E-state index contributed by atoms with van der Waals surface area (Å²) in [4.78, 5) is 9.36. The summed E-state index contributed by atoms with van der Waals surface area (Å²) in [5.74, 6) is 1.60. The van der Waals surface area contributed by atoms with E-state index in [9.17, 15) is 0 Å². The van der Waals surface area contributed by atoms with Crippen LogP contribution in [0.25, 0.3) is 10.2 Å². The van der Waals surface area contributed by atoms with Crippen molar-refractivity contribution in [2.24, 2.45) is 0 Å². The molecule has 0 aliphatic carbocycles. The van der Waals surface area contributed by atoms with Gasteiger partial charge >= 0.3 is 0 Å². The first-order chi connectivity index (χ1) is 7.93. The van der Waals surface area contributed by atoms with Crippen molar-refractivity contribution < 1.29 is 4.52 Å². The SMILES string of the molecule is c1cc(CNc2ncnc3sccc23)on1. The quantitative estimate of drug-likeness (QED) is 0.750. The Morgan fingerprint density at radius 1 is 1.31 bits per heavy atom. The Labute approximate surface area is 95.1 Å². The number of hydrogen-bond donors (Lipinski definition) is 1. The van der Waals surface area contributed by atoms with Crippen molar-refractivity contribution in [3.05, 3.63) is 35.8 Å². The summed E-state index contributed by atoms with van der Waals surface area (Å²) in [5, 5.41) is 9.87. The zero-order valence-corrected chi connectivity index (χ0v) is 9.07. The Morgan fingerprint density at radius 3 is 3.19 bits per heavy atom. The molecule has 0 fully saturated rings. The van der Waals surface area contributed by atoms with E-state index in [0.29, 0.717) is 6.54 Å². The van der Waals surface area contributed by atoms with E-state index >= 15 is 0 Å². The second kappa shape index (κ2) is 3.90. The van der Waals surface area contributed by atoms with Gasteiger partial charge in [-0.3, -0.25) is 0 Å². The van der Waals surface area contributed by atoms with E-state index in [1.807, 2.05) is 17.5 Å². The molecule has 5 nitrogen and oxygen atoms in total. The maximum atomic E-state index is 5.00. The fraction of sp³-hybridized carbons (Fsp3) is 0.100. The fourth-order valence-corrected chi connectivity index (χ4v) is 2.17. The van der Waals surface area contributed by atoms with E-state index in [0.717, 1.165) is 21.8 Å². The Balaban J connectivity index is 1.86. The van der Waals surface area contributed by atoms with Crippen LogP contribution >= 0.6 is 11.3 Å². The van der Waals surface area contributed by atoms with Gasteiger partial charge in [0.05, 0.1) is 18.1 Å². The Morgan fingerprint density at radius 2 is 2.31 bits per heavy atom. The third-order valence-electron chi connectivity index (χ3n) is 2.18. The highest BCUT2D eigenvalue weighted by molar-refractivity contribution is 7.16. The molecule has 0 aliphatic heterocycles. The predicted octanol–water partition coefficient (Wildman–Crippen LogP) is 2.29. The number of hydrogen-bond acceptors (Lipinski definition) is 6. The van der Waals surface area contributed by atoms with Gasteiger partial charge < -0.3 is 9.84 Å². The molecule has 0 unspecified atom stereocenters. The third kappa shape index (κ3) is 1.63. The maximum Gasteiger partial charge on any atom is 0.155 e. The lowest BCUT2D eigenvalue weighted by Gasteiger charge is -2.03. The molecule has 3 aromatic heterocycles. The van der Waals surface area contributed by atoms with Crippen molar-refractivity contribution in [3.63, 3.8) is 0 Å². The number of anilines is 1. The smallest absolute Gasteiger partial charge is 0.155 e. The van der Waals surface area contributed by atoms with Gasteiger partial charge in [0.1, 0.15) is 17.0 Å². The molecule has 0 amide bonds. The molecular weight excluding hydrogens is 224 g/mol. The van der Waals surface area contributed by atoms with E-state index in [1.54, 1.807) is 23.9 Å². The topological polar surface area (TPSA) is 63.8 Å². The number of fused-ring (bicyclic) bond motifs is 1. The lowest BCUT2D eigenvalue weighted by atomic mass is 10.3. The van der Waals surface area contributed by atoms with Gasteiger partial charge in [0.2, 0.25) is 0 Å². The van der Waals surface area contributed by atoms with Crippen LogP contribution in [-0.4, -0.2) is 15.1 Å². The minimum absolute atomic E-state index is 0.571. The molecule has 3 aromatic rings. The highest BCUT2D eigenvalue weighted by atomic mass is 32.1. The summed E-state index contributed by atoms with van der Waals surface area (Å²) in [7, 11) is 0. The standard InChI is InChI=1S/C10H8N4OS/c1-3-14-15-7(1)5-11-9-8-2-4-16-10(8)13-6-12-9/h1-4,6H,5H2,(H,11,12,13). The van der Waals surface area contributed by atoms with Gasteiger partial charge in [0.25, 0.3) is 0 Å². The largest absolute Gasteiger partial charge is 0.362 e. The second-order valence-electron chi connectivity index (χ2n) is 3.19. The van der Waals surface area contributed by atoms with E-state index in [2.05, 4.69) is 20.4 Å². The zero-order valence-electron chi connectivity index (χ0n) is 8.25. The van der Waals surface area contributed by atoms with Crippen LogP contribution in [0.5, 0.6) is 0 Å².